The van der Waals surface area contributed by atoms with E-state index in [4.69, 9.17) is 14.6 Å². The summed E-state index contributed by atoms with van der Waals surface area (Å²) in [4.78, 5) is 23.1. The second-order valence-corrected chi connectivity index (χ2v) is 5.15. The van der Waals surface area contributed by atoms with Gasteiger partial charge in [-0.3, -0.25) is 4.79 Å². The van der Waals surface area contributed by atoms with Gasteiger partial charge >= 0.3 is 11.9 Å². The van der Waals surface area contributed by atoms with Gasteiger partial charge in [-0.2, -0.15) is 0 Å². The Balaban J connectivity index is 2.39. The molecule has 0 fully saturated rings. The minimum absolute atomic E-state index is 0.231. The summed E-state index contributed by atoms with van der Waals surface area (Å²) in [5.41, 5.74) is 0.897. The van der Waals surface area contributed by atoms with Crippen molar-refractivity contribution in [1.82, 2.24) is 4.57 Å². The van der Waals surface area contributed by atoms with E-state index < -0.39 is 11.9 Å². The maximum absolute atomic E-state index is 12.0. The predicted octanol–water partition coefficient (Wildman–Crippen LogP) is 3.08. The van der Waals surface area contributed by atoms with E-state index in [9.17, 15) is 9.59 Å². The fraction of sp³-hybridized carbons (Fsp3) is 0.412. The number of nitrogens with zero attached hydrogens (tertiary/aromatic N) is 1. The fourth-order valence-electron chi connectivity index (χ4n) is 2.35. The first-order valence-corrected chi connectivity index (χ1v) is 7.71. The van der Waals surface area contributed by atoms with Crippen LogP contribution in [-0.2, 0) is 16.1 Å². The number of rotatable bonds is 8. The average Bonchev–Trinajstić information content (AvgIpc) is 2.85. The summed E-state index contributed by atoms with van der Waals surface area (Å²) in [7, 11) is 0. The third-order valence-electron chi connectivity index (χ3n) is 3.42. The molecule has 1 aromatic carbocycles. The zero-order chi connectivity index (χ0) is 16.8. The molecule has 0 amide bonds. The highest BCUT2D eigenvalue weighted by Gasteiger charge is 2.18. The molecule has 23 heavy (non-hydrogen) atoms. The van der Waals surface area contributed by atoms with Crippen LogP contribution in [0.25, 0.3) is 10.9 Å². The molecule has 0 aliphatic carbocycles. The van der Waals surface area contributed by atoms with Crippen molar-refractivity contribution in [2.45, 2.75) is 33.2 Å². The van der Waals surface area contributed by atoms with Gasteiger partial charge in [0.2, 0.25) is 0 Å². The summed E-state index contributed by atoms with van der Waals surface area (Å²) in [5.74, 6) is -0.844. The van der Waals surface area contributed by atoms with Crippen LogP contribution in [0.4, 0.5) is 0 Å². The zero-order valence-corrected chi connectivity index (χ0v) is 13.4. The number of carboxylic acids is 1. The Labute approximate surface area is 134 Å². The molecule has 0 saturated heterocycles. The van der Waals surface area contributed by atoms with Gasteiger partial charge in [0.1, 0.15) is 18.0 Å². The smallest absolute Gasteiger partial charge is 0.354 e. The molecule has 0 aliphatic rings. The molecule has 0 aliphatic heterocycles. The molecule has 0 saturated carbocycles. The van der Waals surface area contributed by atoms with Gasteiger partial charge in [-0.05, 0) is 37.6 Å². The van der Waals surface area contributed by atoms with Crippen LogP contribution in [0.15, 0.2) is 24.3 Å². The number of benzene rings is 1. The number of carbonyl (C=O) groups excluding carboxylic acids is 1. The van der Waals surface area contributed by atoms with Crippen molar-refractivity contribution < 1.29 is 24.2 Å². The summed E-state index contributed by atoms with van der Waals surface area (Å²) in [6.07, 6.45) is 2.01. The first kappa shape index (κ1) is 16.9. The highest BCUT2D eigenvalue weighted by Crippen LogP contribution is 2.25. The lowest BCUT2D eigenvalue weighted by atomic mass is 10.2. The number of ether oxygens (including phenoxy) is 2. The molecular formula is C17H21NO5. The summed E-state index contributed by atoms with van der Waals surface area (Å²) in [6.45, 7) is 4.36. The minimum atomic E-state index is -1.02. The van der Waals surface area contributed by atoms with Crippen molar-refractivity contribution >= 4 is 22.8 Å². The van der Waals surface area contributed by atoms with E-state index in [1.165, 1.54) is 4.57 Å². The molecule has 124 valence electrons. The lowest BCUT2D eigenvalue weighted by Gasteiger charge is -2.08. The summed E-state index contributed by atoms with van der Waals surface area (Å²) in [6, 6.07) is 7.00. The number of carboxylic acid groups (broad SMARTS) is 1. The quantitative estimate of drug-likeness (QED) is 0.597. The predicted molar refractivity (Wildman–Crippen MR) is 85.9 cm³/mol. The van der Waals surface area contributed by atoms with Crippen molar-refractivity contribution in [3.8, 4) is 5.75 Å². The van der Waals surface area contributed by atoms with Crippen molar-refractivity contribution in [3.05, 3.63) is 30.0 Å². The van der Waals surface area contributed by atoms with Crippen LogP contribution in [0.2, 0.25) is 0 Å². The highest BCUT2D eigenvalue weighted by molar-refractivity contribution is 5.96. The Morgan fingerprint density at radius 1 is 1.22 bits per heavy atom. The molecule has 1 aromatic heterocycles. The van der Waals surface area contributed by atoms with Crippen molar-refractivity contribution in [1.29, 1.82) is 0 Å². The van der Waals surface area contributed by atoms with Crippen LogP contribution in [0.5, 0.6) is 5.75 Å². The molecule has 1 heterocycles. The first-order chi connectivity index (χ1) is 11.1. The van der Waals surface area contributed by atoms with Gasteiger partial charge in [0.05, 0.1) is 13.2 Å². The molecule has 6 heteroatoms. The van der Waals surface area contributed by atoms with Crippen LogP contribution >= 0.6 is 0 Å². The van der Waals surface area contributed by atoms with Crippen molar-refractivity contribution in [2.75, 3.05) is 13.2 Å². The average molecular weight is 319 g/mol. The number of aliphatic carboxylic acids is 1. The number of hydrogen-bond acceptors (Lipinski definition) is 4. The van der Waals surface area contributed by atoms with Gasteiger partial charge in [0.15, 0.2) is 0 Å². The van der Waals surface area contributed by atoms with Crippen molar-refractivity contribution in [3.63, 3.8) is 0 Å². The van der Waals surface area contributed by atoms with E-state index in [2.05, 4.69) is 6.92 Å². The molecule has 0 radical (unpaired) electrons. The topological polar surface area (TPSA) is 77.8 Å². The highest BCUT2D eigenvalue weighted by atomic mass is 16.5. The van der Waals surface area contributed by atoms with Crippen molar-refractivity contribution in [2.24, 2.45) is 0 Å². The molecular weight excluding hydrogens is 298 g/mol. The standard InChI is InChI=1S/C17H21NO5/c1-3-5-8-23-13-6-7-14-12(9-13)10-15(17(21)22-4-2)18(14)11-16(19)20/h6-7,9-10H,3-5,8,11H2,1-2H3,(H,19,20). The fourth-order valence-corrected chi connectivity index (χ4v) is 2.35. The Morgan fingerprint density at radius 2 is 2.00 bits per heavy atom. The third-order valence-corrected chi connectivity index (χ3v) is 3.42. The molecule has 1 N–H and O–H groups in total. The van der Waals surface area contributed by atoms with Crippen LogP contribution in [0, 0.1) is 0 Å². The molecule has 0 bridgehead atoms. The van der Waals surface area contributed by atoms with Gasteiger partial charge in [-0.25, -0.2) is 4.79 Å². The number of fused-ring (bicyclic) bond motifs is 1. The van der Waals surface area contributed by atoms with Gasteiger partial charge in [-0.1, -0.05) is 13.3 Å². The van der Waals surface area contributed by atoms with Crippen LogP contribution in [0.3, 0.4) is 0 Å². The summed E-state index contributed by atoms with van der Waals surface area (Å²) < 4.78 is 12.1. The summed E-state index contributed by atoms with van der Waals surface area (Å²) in [5, 5.41) is 9.83. The first-order valence-electron chi connectivity index (χ1n) is 7.71. The monoisotopic (exact) mass is 319 g/mol. The molecule has 0 unspecified atom stereocenters. The number of hydrogen-bond donors (Lipinski definition) is 1. The number of aromatic nitrogens is 1. The lowest BCUT2D eigenvalue weighted by Crippen LogP contribution is -2.16. The second-order valence-electron chi connectivity index (χ2n) is 5.15. The van der Waals surface area contributed by atoms with E-state index in [0.29, 0.717) is 17.9 Å². The maximum atomic E-state index is 12.0. The van der Waals surface area contributed by atoms with Gasteiger partial charge < -0.3 is 19.1 Å². The van der Waals surface area contributed by atoms with Gasteiger partial charge in [-0.15, -0.1) is 0 Å². The van der Waals surface area contributed by atoms with E-state index in [-0.39, 0.29) is 18.8 Å². The largest absolute Gasteiger partial charge is 0.494 e. The van der Waals surface area contributed by atoms with Crippen LogP contribution in [0.1, 0.15) is 37.2 Å². The molecule has 0 spiro atoms. The SMILES string of the molecule is CCCCOc1ccc2c(c1)cc(C(=O)OCC)n2CC(=O)O. The Bertz CT molecular complexity index is 704. The minimum Gasteiger partial charge on any atom is -0.494 e. The van der Waals surface area contributed by atoms with E-state index in [0.717, 1.165) is 18.2 Å². The van der Waals surface area contributed by atoms with E-state index >= 15 is 0 Å². The van der Waals surface area contributed by atoms with E-state index in [1.807, 2.05) is 6.07 Å². The number of esters is 1. The molecule has 0 atom stereocenters. The molecule has 2 aromatic rings. The number of carbonyl (C=O) groups is 2. The number of unbranched alkanes of at least 4 members (excludes halogenated alkanes) is 1. The van der Waals surface area contributed by atoms with Crippen LogP contribution < -0.4 is 4.74 Å². The Hall–Kier alpha value is -2.50. The lowest BCUT2D eigenvalue weighted by molar-refractivity contribution is -0.137. The van der Waals surface area contributed by atoms with Gasteiger partial charge in [0.25, 0.3) is 0 Å². The third kappa shape index (κ3) is 4.03. The van der Waals surface area contributed by atoms with E-state index in [1.54, 1.807) is 25.1 Å². The Morgan fingerprint density at radius 3 is 2.65 bits per heavy atom. The summed E-state index contributed by atoms with van der Waals surface area (Å²) >= 11 is 0. The Kier molecular flexibility index (Phi) is 5.62. The molecule has 2 rings (SSSR count). The second kappa shape index (κ2) is 7.67. The van der Waals surface area contributed by atoms with Crippen LogP contribution in [-0.4, -0.2) is 34.8 Å². The molecule has 6 nitrogen and oxygen atoms in total. The van der Waals surface area contributed by atoms with Gasteiger partial charge in [0, 0.05) is 10.9 Å². The zero-order valence-electron chi connectivity index (χ0n) is 13.4. The normalized spacial score (nSPS) is 10.7. The maximum Gasteiger partial charge on any atom is 0.354 e.